The Labute approximate surface area is 91.9 Å². The molecule has 2 atom stereocenters. The van der Waals surface area contributed by atoms with Crippen molar-refractivity contribution in [2.75, 3.05) is 16.8 Å². The molecular formula is C12H21N3. The molecule has 1 aromatic rings. The zero-order valence-electron chi connectivity index (χ0n) is 9.75. The highest BCUT2D eigenvalue weighted by Crippen LogP contribution is 2.21. The molecule has 1 rings (SSSR count). The normalized spacial score (nSPS) is 14.6. The molecule has 0 amide bonds. The number of nitrogens with two attached hydrogens (primary N) is 2. The molecule has 3 heteroatoms. The Morgan fingerprint density at radius 2 is 1.87 bits per heavy atom. The summed E-state index contributed by atoms with van der Waals surface area (Å²) >= 11 is 0. The maximum absolute atomic E-state index is 5.74. The topological polar surface area (TPSA) is 64.1 Å². The largest absolute Gasteiger partial charge is 0.397 e. The van der Waals surface area contributed by atoms with Gasteiger partial charge < -0.3 is 16.8 Å². The third kappa shape index (κ3) is 3.05. The summed E-state index contributed by atoms with van der Waals surface area (Å²) in [6.45, 7) is 6.61. The fraction of sp³-hybridized carbons (Fsp3) is 0.500. The first kappa shape index (κ1) is 11.7. The number of hydrogen-bond donors (Lipinski definition) is 3. The molecule has 0 heterocycles. The predicted molar refractivity (Wildman–Crippen MR) is 67.8 cm³/mol. The summed E-state index contributed by atoms with van der Waals surface area (Å²) in [5.74, 6) is 0.642. The van der Waals surface area contributed by atoms with Crippen molar-refractivity contribution in [2.24, 2.45) is 5.92 Å². The Bertz CT molecular complexity index is 323. The molecular weight excluding hydrogens is 186 g/mol. The lowest BCUT2D eigenvalue weighted by atomic mass is 10.0. The fourth-order valence-electron chi connectivity index (χ4n) is 1.42. The van der Waals surface area contributed by atoms with Crippen molar-refractivity contribution in [1.82, 2.24) is 0 Å². The predicted octanol–water partition coefficient (Wildman–Crippen LogP) is 2.70. The van der Waals surface area contributed by atoms with Crippen molar-refractivity contribution < 1.29 is 0 Å². The Morgan fingerprint density at radius 3 is 2.40 bits per heavy atom. The van der Waals surface area contributed by atoms with E-state index in [1.54, 1.807) is 0 Å². The van der Waals surface area contributed by atoms with Gasteiger partial charge in [0.1, 0.15) is 0 Å². The van der Waals surface area contributed by atoms with Gasteiger partial charge >= 0.3 is 0 Å². The summed E-state index contributed by atoms with van der Waals surface area (Å²) in [5.41, 5.74) is 13.7. The summed E-state index contributed by atoms with van der Waals surface area (Å²) in [7, 11) is 0. The van der Waals surface area contributed by atoms with Crippen molar-refractivity contribution in [1.29, 1.82) is 0 Å². The van der Waals surface area contributed by atoms with Crippen LogP contribution in [0, 0.1) is 5.92 Å². The van der Waals surface area contributed by atoms with Crippen LogP contribution in [0.25, 0.3) is 0 Å². The van der Waals surface area contributed by atoms with Gasteiger partial charge in [0, 0.05) is 11.7 Å². The zero-order chi connectivity index (χ0) is 11.4. The molecule has 15 heavy (non-hydrogen) atoms. The van der Waals surface area contributed by atoms with E-state index in [9.17, 15) is 0 Å². The van der Waals surface area contributed by atoms with Gasteiger partial charge in [-0.05, 0) is 31.0 Å². The molecule has 84 valence electrons. The molecule has 0 aromatic heterocycles. The van der Waals surface area contributed by atoms with Gasteiger partial charge in [-0.15, -0.1) is 0 Å². The van der Waals surface area contributed by atoms with E-state index < -0.39 is 0 Å². The van der Waals surface area contributed by atoms with Gasteiger partial charge in [0.25, 0.3) is 0 Å². The maximum atomic E-state index is 5.74. The summed E-state index contributed by atoms with van der Waals surface area (Å²) in [6, 6.07) is 6.12. The van der Waals surface area contributed by atoms with Crippen LogP contribution in [0.15, 0.2) is 18.2 Å². The van der Waals surface area contributed by atoms with E-state index in [4.69, 9.17) is 11.5 Å². The number of benzene rings is 1. The van der Waals surface area contributed by atoms with Gasteiger partial charge in [0.05, 0.1) is 11.4 Å². The highest BCUT2D eigenvalue weighted by molar-refractivity contribution is 5.69. The first-order valence-electron chi connectivity index (χ1n) is 5.46. The molecule has 0 aliphatic rings. The molecule has 0 fully saturated rings. The SMILES string of the molecule is CCC(C)C(C)Nc1ccc(N)c(N)c1. The first-order chi connectivity index (χ1) is 7.04. The van der Waals surface area contributed by atoms with Gasteiger partial charge in [-0.2, -0.15) is 0 Å². The molecule has 0 saturated heterocycles. The standard InChI is InChI=1S/C12H21N3/c1-4-8(2)9(3)15-10-5-6-11(13)12(14)7-10/h5-9,15H,4,13-14H2,1-3H3. The second-order valence-corrected chi connectivity index (χ2v) is 4.16. The highest BCUT2D eigenvalue weighted by atomic mass is 14.9. The van der Waals surface area contributed by atoms with Crippen molar-refractivity contribution in [3.8, 4) is 0 Å². The lowest BCUT2D eigenvalue weighted by Gasteiger charge is -2.21. The van der Waals surface area contributed by atoms with E-state index in [1.165, 1.54) is 6.42 Å². The Morgan fingerprint density at radius 1 is 1.20 bits per heavy atom. The monoisotopic (exact) mass is 207 g/mol. The maximum Gasteiger partial charge on any atom is 0.0568 e. The minimum Gasteiger partial charge on any atom is -0.397 e. The van der Waals surface area contributed by atoms with Gasteiger partial charge in [-0.1, -0.05) is 20.3 Å². The van der Waals surface area contributed by atoms with Gasteiger partial charge in [0.15, 0.2) is 0 Å². The lowest BCUT2D eigenvalue weighted by Crippen LogP contribution is -2.23. The van der Waals surface area contributed by atoms with Crippen LogP contribution >= 0.6 is 0 Å². The fourth-order valence-corrected chi connectivity index (χ4v) is 1.42. The number of anilines is 3. The number of hydrogen-bond acceptors (Lipinski definition) is 3. The van der Waals surface area contributed by atoms with Crippen molar-refractivity contribution in [2.45, 2.75) is 33.2 Å². The van der Waals surface area contributed by atoms with Crippen molar-refractivity contribution in [3.05, 3.63) is 18.2 Å². The molecule has 3 nitrogen and oxygen atoms in total. The summed E-state index contributed by atoms with van der Waals surface area (Å²) in [4.78, 5) is 0. The average Bonchev–Trinajstić information content (AvgIpc) is 2.22. The lowest BCUT2D eigenvalue weighted by molar-refractivity contribution is 0.495. The average molecular weight is 207 g/mol. The minimum atomic E-state index is 0.443. The van der Waals surface area contributed by atoms with Crippen LogP contribution in [0.1, 0.15) is 27.2 Å². The number of nitrogen functional groups attached to an aromatic ring is 2. The molecule has 0 aliphatic carbocycles. The molecule has 1 aromatic carbocycles. The van der Waals surface area contributed by atoms with Crippen LogP contribution < -0.4 is 16.8 Å². The molecule has 0 spiro atoms. The van der Waals surface area contributed by atoms with E-state index in [1.807, 2.05) is 18.2 Å². The van der Waals surface area contributed by atoms with E-state index in [2.05, 4.69) is 26.1 Å². The molecule has 0 aliphatic heterocycles. The summed E-state index contributed by atoms with van der Waals surface area (Å²) in [6.07, 6.45) is 1.17. The molecule has 2 unspecified atom stereocenters. The Kier molecular flexibility index (Phi) is 3.83. The van der Waals surface area contributed by atoms with Crippen LogP contribution in [-0.4, -0.2) is 6.04 Å². The molecule has 0 saturated carbocycles. The zero-order valence-corrected chi connectivity index (χ0v) is 9.75. The number of rotatable bonds is 4. The van der Waals surface area contributed by atoms with E-state index >= 15 is 0 Å². The Balaban J connectivity index is 2.68. The summed E-state index contributed by atoms with van der Waals surface area (Å²) in [5, 5.41) is 3.43. The van der Waals surface area contributed by atoms with E-state index in [0.29, 0.717) is 23.3 Å². The second-order valence-electron chi connectivity index (χ2n) is 4.16. The minimum absolute atomic E-state index is 0.443. The van der Waals surface area contributed by atoms with Crippen molar-refractivity contribution >= 4 is 17.1 Å². The van der Waals surface area contributed by atoms with Gasteiger partial charge in [0.2, 0.25) is 0 Å². The van der Waals surface area contributed by atoms with Crippen LogP contribution in [0.4, 0.5) is 17.1 Å². The van der Waals surface area contributed by atoms with Gasteiger partial charge in [-0.25, -0.2) is 0 Å². The second kappa shape index (κ2) is 4.91. The van der Waals surface area contributed by atoms with Gasteiger partial charge in [-0.3, -0.25) is 0 Å². The van der Waals surface area contributed by atoms with Crippen LogP contribution in [0.3, 0.4) is 0 Å². The molecule has 5 N–H and O–H groups in total. The summed E-state index contributed by atoms with van der Waals surface area (Å²) < 4.78 is 0. The number of nitrogens with one attached hydrogen (secondary N) is 1. The van der Waals surface area contributed by atoms with Crippen molar-refractivity contribution in [3.63, 3.8) is 0 Å². The highest BCUT2D eigenvalue weighted by Gasteiger charge is 2.09. The third-order valence-corrected chi connectivity index (χ3v) is 2.98. The van der Waals surface area contributed by atoms with Crippen LogP contribution in [0.5, 0.6) is 0 Å². The molecule has 0 bridgehead atoms. The Hall–Kier alpha value is -1.38. The quantitative estimate of drug-likeness (QED) is 0.665. The van der Waals surface area contributed by atoms with E-state index in [-0.39, 0.29) is 0 Å². The first-order valence-corrected chi connectivity index (χ1v) is 5.46. The molecule has 0 radical (unpaired) electrons. The van der Waals surface area contributed by atoms with Crippen LogP contribution in [-0.2, 0) is 0 Å². The third-order valence-electron chi connectivity index (χ3n) is 2.98. The smallest absolute Gasteiger partial charge is 0.0568 e. The van der Waals surface area contributed by atoms with Crippen LogP contribution in [0.2, 0.25) is 0 Å². The van der Waals surface area contributed by atoms with E-state index in [0.717, 1.165) is 5.69 Å².